The Labute approximate surface area is 121 Å². The van der Waals surface area contributed by atoms with Crippen LogP contribution in [0.4, 0.5) is 5.82 Å². The maximum absolute atomic E-state index is 4.69. The van der Waals surface area contributed by atoms with Gasteiger partial charge in [-0.1, -0.05) is 13.0 Å². The van der Waals surface area contributed by atoms with Crippen molar-refractivity contribution in [2.24, 2.45) is 0 Å². The molecule has 0 aliphatic heterocycles. The molecule has 0 unspecified atom stereocenters. The van der Waals surface area contributed by atoms with E-state index >= 15 is 0 Å². The maximum Gasteiger partial charge on any atom is 0.138 e. The fourth-order valence-corrected chi connectivity index (χ4v) is 3.13. The maximum atomic E-state index is 4.69. The number of aromatic nitrogens is 3. The average Bonchev–Trinajstić information content (AvgIpc) is 2.90. The van der Waals surface area contributed by atoms with E-state index in [1.54, 1.807) is 17.5 Å². The summed E-state index contributed by atoms with van der Waals surface area (Å²) in [5.41, 5.74) is 1.13. The van der Waals surface area contributed by atoms with Crippen molar-refractivity contribution < 1.29 is 0 Å². The molecule has 0 aromatic carbocycles. The Morgan fingerprint density at radius 3 is 2.90 bits per heavy atom. The molecule has 0 amide bonds. The van der Waals surface area contributed by atoms with Gasteiger partial charge in [-0.15, -0.1) is 11.3 Å². The Hall–Kier alpha value is -2.01. The van der Waals surface area contributed by atoms with Gasteiger partial charge in [-0.25, -0.2) is 9.97 Å². The number of pyridine rings is 1. The molecule has 0 bridgehead atoms. The van der Waals surface area contributed by atoms with Gasteiger partial charge >= 0.3 is 0 Å². The van der Waals surface area contributed by atoms with Gasteiger partial charge in [-0.2, -0.15) is 0 Å². The predicted molar refractivity (Wildman–Crippen MR) is 83.4 cm³/mol. The number of fused-ring (bicyclic) bond motifs is 1. The van der Waals surface area contributed by atoms with Crippen LogP contribution in [0, 0.1) is 0 Å². The highest BCUT2D eigenvalue weighted by Gasteiger charge is 2.10. The summed E-state index contributed by atoms with van der Waals surface area (Å²) in [6.07, 6.45) is 5.37. The predicted octanol–water partition coefficient (Wildman–Crippen LogP) is 3.28. The minimum atomic E-state index is 0.706. The van der Waals surface area contributed by atoms with Crippen LogP contribution in [0.3, 0.4) is 0 Å². The number of rotatable bonds is 4. The molecule has 3 aromatic heterocycles. The second-order valence-corrected chi connectivity index (χ2v) is 5.68. The van der Waals surface area contributed by atoms with Gasteiger partial charge in [0.1, 0.15) is 16.5 Å². The molecule has 4 nitrogen and oxygen atoms in total. The minimum absolute atomic E-state index is 0.706. The molecule has 3 heterocycles. The van der Waals surface area contributed by atoms with E-state index in [2.05, 4.69) is 33.3 Å². The standard InChI is InChI=1S/C15H16N4S/c1-3-11-8-12-14(16-2)18-13(19-15(12)20-11)7-10-5-4-6-17-9-10/h4-6,8-9H,3,7H2,1-2H3,(H,16,18,19). The van der Waals surface area contributed by atoms with Crippen LogP contribution in [0.1, 0.15) is 23.2 Å². The van der Waals surface area contributed by atoms with Crippen LogP contribution in [0.25, 0.3) is 10.2 Å². The van der Waals surface area contributed by atoms with Crippen molar-refractivity contribution >= 4 is 27.4 Å². The Balaban J connectivity index is 2.03. The molecule has 0 saturated heterocycles. The first-order chi connectivity index (χ1) is 9.80. The lowest BCUT2D eigenvalue weighted by molar-refractivity contribution is 0.988. The fourth-order valence-electron chi connectivity index (χ4n) is 2.14. The topological polar surface area (TPSA) is 50.7 Å². The normalized spacial score (nSPS) is 10.9. The highest BCUT2D eigenvalue weighted by atomic mass is 32.1. The Morgan fingerprint density at radius 1 is 1.30 bits per heavy atom. The highest BCUT2D eigenvalue weighted by Crippen LogP contribution is 2.29. The molecule has 0 saturated carbocycles. The molecule has 3 rings (SSSR count). The number of thiophene rings is 1. The first-order valence-corrected chi connectivity index (χ1v) is 7.47. The first-order valence-electron chi connectivity index (χ1n) is 6.66. The SMILES string of the molecule is CCc1cc2c(NC)nc(Cc3cccnc3)nc2s1. The minimum Gasteiger partial charge on any atom is -0.372 e. The van der Waals surface area contributed by atoms with Crippen molar-refractivity contribution in [3.05, 3.63) is 46.9 Å². The van der Waals surface area contributed by atoms with E-state index in [4.69, 9.17) is 0 Å². The van der Waals surface area contributed by atoms with E-state index < -0.39 is 0 Å². The third kappa shape index (κ3) is 2.49. The molecule has 20 heavy (non-hydrogen) atoms. The second kappa shape index (κ2) is 5.54. The highest BCUT2D eigenvalue weighted by molar-refractivity contribution is 7.18. The van der Waals surface area contributed by atoms with Crippen molar-refractivity contribution in [2.75, 3.05) is 12.4 Å². The van der Waals surface area contributed by atoms with E-state index in [0.717, 1.165) is 33.8 Å². The molecule has 0 radical (unpaired) electrons. The zero-order chi connectivity index (χ0) is 13.9. The fraction of sp³-hybridized carbons (Fsp3) is 0.267. The van der Waals surface area contributed by atoms with Crippen molar-refractivity contribution in [3.63, 3.8) is 0 Å². The zero-order valence-corrected chi connectivity index (χ0v) is 12.4. The van der Waals surface area contributed by atoms with Crippen molar-refractivity contribution in [3.8, 4) is 0 Å². The van der Waals surface area contributed by atoms with Gasteiger partial charge < -0.3 is 5.32 Å². The van der Waals surface area contributed by atoms with Gasteiger partial charge in [0.05, 0.1) is 5.39 Å². The quantitative estimate of drug-likeness (QED) is 0.799. The molecule has 0 spiro atoms. The summed E-state index contributed by atoms with van der Waals surface area (Å²) < 4.78 is 0. The Morgan fingerprint density at radius 2 is 2.20 bits per heavy atom. The smallest absolute Gasteiger partial charge is 0.138 e. The summed E-state index contributed by atoms with van der Waals surface area (Å²) in [7, 11) is 1.90. The van der Waals surface area contributed by atoms with Gasteiger partial charge in [0.15, 0.2) is 0 Å². The van der Waals surface area contributed by atoms with Crippen LogP contribution in [0.5, 0.6) is 0 Å². The summed E-state index contributed by atoms with van der Waals surface area (Å²) in [6.45, 7) is 2.16. The van der Waals surface area contributed by atoms with E-state index in [0.29, 0.717) is 6.42 Å². The Kier molecular flexibility index (Phi) is 3.60. The van der Waals surface area contributed by atoms with E-state index in [1.165, 1.54) is 4.88 Å². The molecule has 102 valence electrons. The van der Waals surface area contributed by atoms with E-state index in [-0.39, 0.29) is 0 Å². The van der Waals surface area contributed by atoms with Crippen LogP contribution in [-0.4, -0.2) is 22.0 Å². The molecule has 0 aliphatic rings. The number of nitrogens with one attached hydrogen (secondary N) is 1. The lowest BCUT2D eigenvalue weighted by atomic mass is 10.2. The molecule has 5 heteroatoms. The van der Waals surface area contributed by atoms with Crippen LogP contribution in [0.2, 0.25) is 0 Å². The third-order valence-corrected chi connectivity index (χ3v) is 4.33. The average molecular weight is 284 g/mol. The Bertz CT molecular complexity index is 721. The third-order valence-electron chi connectivity index (χ3n) is 3.16. The lowest BCUT2D eigenvalue weighted by Crippen LogP contribution is -2.01. The first kappa shape index (κ1) is 13.0. The van der Waals surface area contributed by atoms with Crippen LogP contribution in [0.15, 0.2) is 30.6 Å². The molecule has 0 aliphatic carbocycles. The zero-order valence-electron chi connectivity index (χ0n) is 11.6. The number of anilines is 1. The summed E-state index contributed by atoms with van der Waals surface area (Å²) in [4.78, 5) is 15.8. The molecule has 0 atom stereocenters. The molecular weight excluding hydrogens is 268 g/mol. The molecule has 3 aromatic rings. The summed E-state index contributed by atoms with van der Waals surface area (Å²) in [6, 6.07) is 6.17. The van der Waals surface area contributed by atoms with Crippen LogP contribution in [-0.2, 0) is 12.8 Å². The monoisotopic (exact) mass is 284 g/mol. The van der Waals surface area contributed by atoms with Gasteiger partial charge in [-0.05, 0) is 24.1 Å². The van der Waals surface area contributed by atoms with Gasteiger partial charge in [-0.3, -0.25) is 4.98 Å². The summed E-state index contributed by atoms with van der Waals surface area (Å²) >= 11 is 1.74. The number of nitrogens with zero attached hydrogens (tertiary/aromatic N) is 3. The van der Waals surface area contributed by atoms with Gasteiger partial charge in [0, 0.05) is 30.7 Å². The van der Waals surface area contributed by atoms with Crippen LogP contribution >= 0.6 is 11.3 Å². The second-order valence-electron chi connectivity index (χ2n) is 4.56. The van der Waals surface area contributed by atoms with Crippen molar-refractivity contribution in [1.29, 1.82) is 0 Å². The van der Waals surface area contributed by atoms with E-state index in [1.807, 2.05) is 25.4 Å². The van der Waals surface area contributed by atoms with Crippen LogP contribution < -0.4 is 5.32 Å². The summed E-state index contributed by atoms with van der Waals surface area (Å²) in [5.74, 6) is 1.74. The number of aryl methyl sites for hydroxylation is 1. The molecule has 0 fully saturated rings. The van der Waals surface area contributed by atoms with Gasteiger partial charge in [0.25, 0.3) is 0 Å². The largest absolute Gasteiger partial charge is 0.372 e. The molecule has 1 N–H and O–H groups in total. The molecular formula is C15H16N4S. The number of hydrogen-bond donors (Lipinski definition) is 1. The lowest BCUT2D eigenvalue weighted by Gasteiger charge is -2.05. The van der Waals surface area contributed by atoms with Crippen molar-refractivity contribution in [2.45, 2.75) is 19.8 Å². The van der Waals surface area contributed by atoms with E-state index in [9.17, 15) is 0 Å². The van der Waals surface area contributed by atoms with Crippen molar-refractivity contribution in [1.82, 2.24) is 15.0 Å². The van der Waals surface area contributed by atoms with Gasteiger partial charge in [0.2, 0.25) is 0 Å². The number of hydrogen-bond acceptors (Lipinski definition) is 5. The summed E-state index contributed by atoms with van der Waals surface area (Å²) in [5, 5.41) is 4.29.